The first-order chi connectivity index (χ1) is 12.3. The van der Waals surface area contributed by atoms with Gasteiger partial charge in [-0.1, -0.05) is 0 Å². The smallest absolute Gasteiger partial charge is 0.220 e. The van der Waals surface area contributed by atoms with Gasteiger partial charge in [0, 0.05) is 29.0 Å². The van der Waals surface area contributed by atoms with Gasteiger partial charge in [0.2, 0.25) is 5.95 Å². The van der Waals surface area contributed by atoms with Crippen LogP contribution in [0.15, 0.2) is 30.6 Å². The zero-order chi connectivity index (χ0) is 17.1. The highest BCUT2D eigenvalue weighted by atomic mass is 15.0. The van der Waals surface area contributed by atoms with E-state index in [1.807, 2.05) is 18.3 Å². The number of piperidine rings is 1. The van der Waals surface area contributed by atoms with Gasteiger partial charge in [0.15, 0.2) is 0 Å². The molecule has 3 aromatic heterocycles. The van der Waals surface area contributed by atoms with Crippen molar-refractivity contribution < 1.29 is 0 Å². The van der Waals surface area contributed by atoms with Gasteiger partial charge in [0.25, 0.3) is 0 Å². The molecule has 1 aliphatic rings. The summed E-state index contributed by atoms with van der Waals surface area (Å²) in [6.45, 7) is 2.31. The van der Waals surface area contributed by atoms with Crippen LogP contribution in [0.4, 0.5) is 5.95 Å². The molecule has 0 spiro atoms. The molecule has 0 amide bonds. The third kappa shape index (κ3) is 3.64. The highest BCUT2D eigenvalue weighted by Crippen LogP contribution is 2.27. The molecule has 0 radical (unpaired) electrons. The molecule has 4 heterocycles. The van der Waals surface area contributed by atoms with Gasteiger partial charge in [0.05, 0.1) is 5.69 Å². The summed E-state index contributed by atoms with van der Waals surface area (Å²) in [6, 6.07) is 6.04. The average molecular weight is 336 g/mol. The summed E-state index contributed by atoms with van der Waals surface area (Å²) in [5, 5.41) is 4.48. The summed E-state index contributed by atoms with van der Waals surface area (Å²) in [5.74, 6) is 1.19. The molecule has 130 valence electrons. The highest BCUT2D eigenvalue weighted by molar-refractivity contribution is 5.92. The maximum absolute atomic E-state index is 5.97. The first-order valence-corrected chi connectivity index (χ1v) is 9.06. The minimum absolute atomic E-state index is 0.340. The average Bonchev–Trinajstić information content (AvgIpc) is 3.06. The van der Waals surface area contributed by atoms with Crippen molar-refractivity contribution in [2.24, 2.45) is 5.92 Å². The lowest BCUT2D eigenvalue weighted by Crippen LogP contribution is -2.27. The molecule has 0 bridgehead atoms. The van der Waals surface area contributed by atoms with Crippen LogP contribution in [0.1, 0.15) is 31.4 Å². The van der Waals surface area contributed by atoms with Crippen molar-refractivity contribution in [1.82, 2.24) is 25.3 Å². The molecule has 6 heteroatoms. The fourth-order valence-electron chi connectivity index (χ4n) is 3.69. The van der Waals surface area contributed by atoms with Crippen LogP contribution in [-0.2, 0) is 6.42 Å². The molecule has 0 atom stereocenters. The van der Waals surface area contributed by atoms with Crippen LogP contribution in [-0.4, -0.2) is 33.0 Å². The highest BCUT2D eigenvalue weighted by Gasteiger charge is 2.14. The number of aryl methyl sites for hydroxylation is 1. The molecule has 1 fully saturated rings. The second-order valence-electron chi connectivity index (χ2n) is 6.79. The molecule has 1 saturated heterocycles. The van der Waals surface area contributed by atoms with Gasteiger partial charge in [-0.05, 0) is 69.3 Å². The van der Waals surface area contributed by atoms with E-state index in [9.17, 15) is 0 Å². The second-order valence-corrected chi connectivity index (χ2v) is 6.79. The topological polar surface area (TPSA) is 92.5 Å². The Kier molecular flexibility index (Phi) is 4.61. The predicted molar refractivity (Wildman–Crippen MR) is 100 cm³/mol. The summed E-state index contributed by atoms with van der Waals surface area (Å²) >= 11 is 0. The van der Waals surface area contributed by atoms with Crippen molar-refractivity contribution in [2.45, 2.75) is 32.1 Å². The lowest BCUT2D eigenvalue weighted by molar-refractivity contribution is 0.347. The number of hydrogen-bond acceptors (Lipinski definition) is 5. The fourth-order valence-corrected chi connectivity index (χ4v) is 3.69. The Bertz CT molecular complexity index is 850. The van der Waals surface area contributed by atoms with Crippen molar-refractivity contribution in [3.8, 4) is 11.3 Å². The molecule has 3 aromatic rings. The number of hydrogen-bond donors (Lipinski definition) is 3. The van der Waals surface area contributed by atoms with Crippen molar-refractivity contribution >= 4 is 17.0 Å². The van der Waals surface area contributed by atoms with E-state index in [1.165, 1.54) is 19.3 Å². The first kappa shape index (κ1) is 16.0. The molecule has 1 aliphatic heterocycles. The van der Waals surface area contributed by atoms with E-state index in [2.05, 4.69) is 31.3 Å². The van der Waals surface area contributed by atoms with Gasteiger partial charge in [0.1, 0.15) is 5.65 Å². The van der Waals surface area contributed by atoms with Gasteiger partial charge in [-0.2, -0.15) is 0 Å². The summed E-state index contributed by atoms with van der Waals surface area (Å²) in [5.41, 5.74) is 9.74. The van der Waals surface area contributed by atoms with Crippen LogP contribution >= 0.6 is 0 Å². The largest absolute Gasteiger partial charge is 0.368 e. The molecule has 25 heavy (non-hydrogen) atoms. The Morgan fingerprint density at radius 3 is 2.96 bits per heavy atom. The number of nitrogen functional groups attached to an aromatic ring is 1. The Morgan fingerprint density at radius 2 is 2.08 bits per heavy atom. The van der Waals surface area contributed by atoms with Crippen LogP contribution in [0.3, 0.4) is 0 Å². The molecule has 0 aliphatic carbocycles. The Morgan fingerprint density at radius 1 is 1.20 bits per heavy atom. The maximum Gasteiger partial charge on any atom is 0.220 e. The molecule has 0 aromatic carbocycles. The van der Waals surface area contributed by atoms with E-state index in [4.69, 9.17) is 5.73 Å². The standard InChI is InChI=1S/C19H24N6/c20-19-24-14(4-1-3-13-6-9-21-10-7-13)11-17(25-19)16-12-23-18-15(16)5-2-8-22-18/h2,5,8,11-13,21H,1,3-4,6-7,9-10H2,(H,22,23)(H2,20,24,25). The Hall–Kier alpha value is -2.47. The summed E-state index contributed by atoms with van der Waals surface area (Å²) in [7, 11) is 0. The minimum atomic E-state index is 0.340. The Balaban J connectivity index is 1.50. The van der Waals surface area contributed by atoms with Gasteiger partial charge < -0.3 is 16.0 Å². The van der Waals surface area contributed by atoms with Crippen molar-refractivity contribution in [3.05, 3.63) is 36.3 Å². The second kappa shape index (κ2) is 7.19. The summed E-state index contributed by atoms with van der Waals surface area (Å²) in [6.07, 6.45) is 9.67. The lowest BCUT2D eigenvalue weighted by atomic mass is 9.92. The van der Waals surface area contributed by atoms with Crippen LogP contribution < -0.4 is 11.1 Å². The number of rotatable bonds is 5. The molecular formula is C19H24N6. The number of anilines is 1. The van der Waals surface area contributed by atoms with Gasteiger partial charge >= 0.3 is 0 Å². The number of pyridine rings is 1. The van der Waals surface area contributed by atoms with Gasteiger partial charge in [-0.15, -0.1) is 0 Å². The fraction of sp³-hybridized carbons (Fsp3) is 0.421. The SMILES string of the molecule is Nc1nc(CCCC2CCNCC2)cc(-c2c[nH]c3ncccc23)n1. The lowest BCUT2D eigenvalue weighted by Gasteiger charge is -2.22. The van der Waals surface area contributed by atoms with Crippen LogP contribution in [0.2, 0.25) is 0 Å². The van der Waals surface area contributed by atoms with Gasteiger partial charge in [-0.3, -0.25) is 0 Å². The van der Waals surface area contributed by atoms with Crippen molar-refractivity contribution in [3.63, 3.8) is 0 Å². The van der Waals surface area contributed by atoms with E-state index >= 15 is 0 Å². The minimum Gasteiger partial charge on any atom is -0.368 e. The van der Waals surface area contributed by atoms with E-state index in [-0.39, 0.29) is 0 Å². The predicted octanol–water partition coefficient (Wildman–Crippen LogP) is 2.92. The van der Waals surface area contributed by atoms with E-state index in [0.29, 0.717) is 5.95 Å². The summed E-state index contributed by atoms with van der Waals surface area (Å²) in [4.78, 5) is 16.4. The number of nitrogens with two attached hydrogens (primary N) is 1. The molecule has 6 nitrogen and oxygen atoms in total. The van der Waals surface area contributed by atoms with E-state index in [0.717, 1.165) is 59.8 Å². The quantitative estimate of drug-likeness (QED) is 0.666. The molecule has 0 unspecified atom stereocenters. The first-order valence-electron chi connectivity index (χ1n) is 9.06. The number of nitrogens with zero attached hydrogens (tertiary/aromatic N) is 3. The van der Waals surface area contributed by atoms with Crippen LogP contribution in [0.5, 0.6) is 0 Å². The van der Waals surface area contributed by atoms with Gasteiger partial charge in [-0.25, -0.2) is 15.0 Å². The van der Waals surface area contributed by atoms with Crippen LogP contribution in [0.25, 0.3) is 22.3 Å². The van der Waals surface area contributed by atoms with Crippen LogP contribution in [0, 0.1) is 5.92 Å². The molecule has 0 saturated carbocycles. The number of H-pyrrole nitrogens is 1. The Labute approximate surface area is 147 Å². The maximum atomic E-state index is 5.97. The van der Waals surface area contributed by atoms with E-state index < -0.39 is 0 Å². The van der Waals surface area contributed by atoms with Crippen molar-refractivity contribution in [2.75, 3.05) is 18.8 Å². The number of aromatic nitrogens is 4. The molecule has 4 N–H and O–H groups in total. The monoisotopic (exact) mass is 336 g/mol. The zero-order valence-corrected chi connectivity index (χ0v) is 14.3. The molecule has 4 rings (SSSR count). The third-order valence-electron chi connectivity index (χ3n) is 5.03. The number of nitrogens with one attached hydrogen (secondary N) is 2. The summed E-state index contributed by atoms with van der Waals surface area (Å²) < 4.78 is 0. The van der Waals surface area contributed by atoms with Crippen molar-refractivity contribution in [1.29, 1.82) is 0 Å². The van der Waals surface area contributed by atoms with E-state index in [1.54, 1.807) is 6.20 Å². The molecular weight excluding hydrogens is 312 g/mol. The third-order valence-corrected chi connectivity index (χ3v) is 5.03. The zero-order valence-electron chi connectivity index (χ0n) is 14.3. The number of aromatic amines is 1. The number of fused-ring (bicyclic) bond motifs is 1. The normalized spacial score (nSPS) is 15.7.